The molecule has 100 valence electrons. The van der Waals surface area contributed by atoms with E-state index in [9.17, 15) is 0 Å². The van der Waals surface area contributed by atoms with Crippen LogP contribution in [0.2, 0.25) is 10.0 Å². The molecular weight excluding hydrogens is 269 g/mol. The van der Waals surface area contributed by atoms with Crippen molar-refractivity contribution in [3.05, 3.63) is 33.8 Å². The minimum absolute atomic E-state index is 0.0464. The van der Waals surface area contributed by atoms with Gasteiger partial charge in [-0.2, -0.15) is 0 Å². The lowest BCUT2D eigenvalue weighted by atomic mass is 9.96. The number of morpholine rings is 1. The molecule has 0 saturated carbocycles. The summed E-state index contributed by atoms with van der Waals surface area (Å²) in [6.07, 6.45) is 2.22. The van der Waals surface area contributed by atoms with Gasteiger partial charge in [0.2, 0.25) is 0 Å². The Hall–Kier alpha value is -0.280. The van der Waals surface area contributed by atoms with Gasteiger partial charge in [0.25, 0.3) is 0 Å². The Balaban J connectivity index is 2.15. The van der Waals surface area contributed by atoms with Crippen LogP contribution >= 0.6 is 23.2 Å². The van der Waals surface area contributed by atoms with Gasteiger partial charge in [0.1, 0.15) is 0 Å². The van der Waals surface area contributed by atoms with E-state index in [0.717, 1.165) is 31.5 Å². The average molecular weight is 288 g/mol. The zero-order chi connectivity index (χ0) is 13.2. The van der Waals surface area contributed by atoms with Crippen LogP contribution in [0.1, 0.15) is 38.4 Å². The number of hydrogen-bond donors (Lipinski definition) is 1. The summed E-state index contributed by atoms with van der Waals surface area (Å²) in [7, 11) is 0. The Kier molecular flexibility index (Phi) is 4.54. The largest absolute Gasteiger partial charge is 0.365 e. The molecule has 1 aromatic rings. The molecule has 0 aliphatic carbocycles. The summed E-state index contributed by atoms with van der Waals surface area (Å²) in [4.78, 5) is 0. The molecule has 4 heteroatoms. The van der Waals surface area contributed by atoms with Crippen LogP contribution < -0.4 is 5.32 Å². The lowest BCUT2D eigenvalue weighted by Gasteiger charge is -2.39. The molecule has 2 atom stereocenters. The van der Waals surface area contributed by atoms with E-state index in [-0.39, 0.29) is 11.7 Å². The van der Waals surface area contributed by atoms with Gasteiger partial charge in [-0.05, 0) is 31.0 Å². The molecule has 1 aromatic carbocycles. The predicted molar refractivity (Wildman–Crippen MR) is 76.5 cm³/mol. The number of benzene rings is 1. The van der Waals surface area contributed by atoms with Crippen molar-refractivity contribution < 1.29 is 4.74 Å². The van der Waals surface area contributed by atoms with Crippen LogP contribution in [0.4, 0.5) is 0 Å². The highest BCUT2D eigenvalue weighted by Crippen LogP contribution is 2.32. The fourth-order valence-corrected chi connectivity index (χ4v) is 2.78. The molecular formula is C14H19Cl2NO. The van der Waals surface area contributed by atoms with Gasteiger partial charge in [-0.25, -0.2) is 0 Å². The maximum atomic E-state index is 6.23. The molecule has 1 saturated heterocycles. The van der Waals surface area contributed by atoms with Crippen LogP contribution in [0.5, 0.6) is 0 Å². The average Bonchev–Trinajstić information content (AvgIpc) is 2.32. The number of rotatable bonds is 3. The summed E-state index contributed by atoms with van der Waals surface area (Å²) in [5, 5.41) is 4.61. The van der Waals surface area contributed by atoms with Gasteiger partial charge in [0, 0.05) is 13.1 Å². The van der Waals surface area contributed by atoms with E-state index in [1.54, 1.807) is 0 Å². The standard InChI is InChI=1S/C14H19Cl2NO/c1-3-6-14(2)9-17-8-13(18-14)10-4-5-11(15)12(16)7-10/h4-5,7,13,17H,3,6,8-9H2,1-2H3. The second-order valence-electron chi connectivity index (χ2n) is 5.11. The van der Waals surface area contributed by atoms with Crippen LogP contribution in [-0.4, -0.2) is 18.7 Å². The second kappa shape index (κ2) is 5.79. The van der Waals surface area contributed by atoms with E-state index in [1.807, 2.05) is 18.2 Å². The summed E-state index contributed by atoms with van der Waals surface area (Å²) in [5.74, 6) is 0. The van der Waals surface area contributed by atoms with Gasteiger partial charge in [-0.1, -0.05) is 42.6 Å². The van der Waals surface area contributed by atoms with Gasteiger partial charge >= 0.3 is 0 Å². The third-order valence-electron chi connectivity index (χ3n) is 3.35. The molecule has 2 nitrogen and oxygen atoms in total. The first-order chi connectivity index (χ1) is 8.54. The van der Waals surface area contributed by atoms with Gasteiger partial charge in [0.05, 0.1) is 21.8 Å². The van der Waals surface area contributed by atoms with E-state index < -0.39 is 0 Å². The van der Waals surface area contributed by atoms with E-state index in [2.05, 4.69) is 19.2 Å². The Morgan fingerprint density at radius 1 is 1.39 bits per heavy atom. The highest BCUT2D eigenvalue weighted by molar-refractivity contribution is 6.42. The second-order valence-corrected chi connectivity index (χ2v) is 5.93. The zero-order valence-electron chi connectivity index (χ0n) is 10.8. The summed E-state index contributed by atoms with van der Waals surface area (Å²) in [6, 6.07) is 5.71. The monoisotopic (exact) mass is 287 g/mol. The molecule has 2 unspecified atom stereocenters. The van der Waals surface area contributed by atoms with Crippen molar-refractivity contribution in [3.63, 3.8) is 0 Å². The molecule has 0 spiro atoms. The number of ether oxygens (including phenoxy) is 1. The highest BCUT2D eigenvalue weighted by atomic mass is 35.5. The fraction of sp³-hybridized carbons (Fsp3) is 0.571. The Morgan fingerprint density at radius 3 is 2.83 bits per heavy atom. The van der Waals surface area contributed by atoms with Crippen molar-refractivity contribution in [2.75, 3.05) is 13.1 Å². The molecule has 1 aliphatic rings. The highest BCUT2D eigenvalue weighted by Gasteiger charge is 2.32. The summed E-state index contributed by atoms with van der Waals surface area (Å²) < 4.78 is 6.23. The Morgan fingerprint density at radius 2 is 2.17 bits per heavy atom. The number of halogens is 2. The maximum absolute atomic E-state index is 6.23. The smallest absolute Gasteiger partial charge is 0.0957 e. The summed E-state index contributed by atoms with van der Waals surface area (Å²) in [6.45, 7) is 6.06. The fourth-order valence-electron chi connectivity index (χ4n) is 2.47. The normalized spacial score (nSPS) is 28.3. The van der Waals surface area contributed by atoms with Crippen molar-refractivity contribution in [1.82, 2.24) is 5.32 Å². The number of hydrogen-bond acceptors (Lipinski definition) is 2. The zero-order valence-corrected chi connectivity index (χ0v) is 12.3. The van der Waals surface area contributed by atoms with Crippen molar-refractivity contribution in [3.8, 4) is 0 Å². The van der Waals surface area contributed by atoms with Crippen molar-refractivity contribution in [2.45, 2.75) is 38.4 Å². The predicted octanol–water partition coefficient (Wildman–Crippen LogP) is 4.21. The van der Waals surface area contributed by atoms with E-state index >= 15 is 0 Å². The van der Waals surface area contributed by atoms with Crippen LogP contribution in [-0.2, 0) is 4.74 Å². The molecule has 0 radical (unpaired) electrons. The molecule has 18 heavy (non-hydrogen) atoms. The lowest BCUT2D eigenvalue weighted by molar-refractivity contribution is -0.112. The molecule has 1 aliphatic heterocycles. The Labute approximate surface area is 119 Å². The van der Waals surface area contributed by atoms with E-state index in [1.165, 1.54) is 0 Å². The first-order valence-electron chi connectivity index (χ1n) is 6.37. The van der Waals surface area contributed by atoms with Crippen molar-refractivity contribution in [2.24, 2.45) is 0 Å². The minimum Gasteiger partial charge on any atom is -0.365 e. The quantitative estimate of drug-likeness (QED) is 0.899. The third kappa shape index (κ3) is 3.18. The minimum atomic E-state index is -0.0935. The number of nitrogens with one attached hydrogen (secondary N) is 1. The summed E-state index contributed by atoms with van der Waals surface area (Å²) in [5.41, 5.74) is 0.989. The van der Waals surface area contributed by atoms with E-state index in [4.69, 9.17) is 27.9 Å². The van der Waals surface area contributed by atoms with Crippen LogP contribution in [0.25, 0.3) is 0 Å². The molecule has 1 N–H and O–H groups in total. The molecule has 0 bridgehead atoms. The molecule has 0 aromatic heterocycles. The van der Waals surface area contributed by atoms with Gasteiger partial charge in [-0.3, -0.25) is 0 Å². The van der Waals surface area contributed by atoms with E-state index in [0.29, 0.717) is 10.0 Å². The lowest BCUT2D eigenvalue weighted by Crippen LogP contribution is -2.48. The van der Waals surface area contributed by atoms with Crippen LogP contribution in [0.15, 0.2) is 18.2 Å². The van der Waals surface area contributed by atoms with Gasteiger partial charge in [-0.15, -0.1) is 0 Å². The van der Waals surface area contributed by atoms with Crippen LogP contribution in [0, 0.1) is 0 Å². The molecule has 1 fully saturated rings. The SMILES string of the molecule is CCCC1(C)CNCC(c2ccc(Cl)c(Cl)c2)O1. The molecule has 0 amide bonds. The van der Waals surface area contributed by atoms with Crippen molar-refractivity contribution in [1.29, 1.82) is 0 Å². The maximum Gasteiger partial charge on any atom is 0.0957 e. The first kappa shape index (κ1) is 14.1. The van der Waals surface area contributed by atoms with Crippen LogP contribution in [0.3, 0.4) is 0 Å². The first-order valence-corrected chi connectivity index (χ1v) is 7.13. The third-order valence-corrected chi connectivity index (χ3v) is 4.09. The Bertz CT molecular complexity index is 420. The molecule has 1 heterocycles. The van der Waals surface area contributed by atoms with Gasteiger partial charge in [0.15, 0.2) is 0 Å². The topological polar surface area (TPSA) is 21.3 Å². The summed E-state index contributed by atoms with van der Waals surface area (Å²) >= 11 is 12.0. The van der Waals surface area contributed by atoms with Crippen molar-refractivity contribution >= 4 is 23.2 Å². The van der Waals surface area contributed by atoms with Gasteiger partial charge < -0.3 is 10.1 Å². The molecule has 2 rings (SSSR count).